The molecule has 0 saturated carbocycles. The number of benzene rings is 1. The number of nitrogens with zero attached hydrogens (tertiary/aromatic N) is 1. The van der Waals surface area contributed by atoms with E-state index in [4.69, 9.17) is 17.3 Å². The van der Waals surface area contributed by atoms with Gasteiger partial charge in [-0.25, -0.2) is 13.1 Å². The average molecular weight is 294 g/mol. The highest BCUT2D eigenvalue weighted by molar-refractivity contribution is 7.89. The Morgan fingerprint density at radius 3 is 2.56 bits per heavy atom. The maximum Gasteiger partial charge on any atom is 0.271 e. The van der Waals surface area contributed by atoms with Gasteiger partial charge in [-0.2, -0.15) is 0 Å². The highest BCUT2D eigenvalue weighted by Gasteiger charge is 2.20. The summed E-state index contributed by atoms with van der Waals surface area (Å²) in [5.41, 5.74) is 4.45. The zero-order valence-corrected chi connectivity index (χ0v) is 10.4. The molecule has 1 aromatic rings. The molecule has 0 atom stereocenters. The normalized spacial score (nSPS) is 11.2. The van der Waals surface area contributed by atoms with Gasteiger partial charge in [-0.15, -0.1) is 0 Å². The van der Waals surface area contributed by atoms with Crippen molar-refractivity contribution in [1.82, 2.24) is 4.72 Å². The number of hydrogen-bond donors (Lipinski definition) is 2. The van der Waals surface area contributed by atoms with Crippen molar-refractivity contribution in [3.05, 3.63) is 33.3 Å². The van der Waals surface area contributed by atoms with Crippen molar-refractivity contribution in [2.45, 2.75) is 4.90 Å². The molecule has 8 nitrogen and oxygen atoms in total. The number of non-ortho nitro benzene ring substituents is 1. The fraction of sp³-hybridized carbons (Fsp3) is 0.125. The molecule has 0 radical (unpaired) electrons. The molecule has 1 amide bonds. The maximum absolute atomic E-state index is 11.7. The summed E-state index contributed by atoms with van der Waals surface area (Å²) in [7, 11) is -4.03. The van der Waals surface area contributed by atoms with Crippen molar-refractivity contribution in [1.29, 1.82) is 0 Å². The molecule has 0 saturated heterocycles. The standard InChI is InChI=1S/C8H8ClN3O5S/c9-6-3-5(12(14)15)1-2-7(6)18(16,17)11-4-8(10)13/h1-3,11H,4H2,(H2,10,13). The fourth-order valence-electron chi connectivity index (χ4n) is 1.07. The summed E-state index contributed by atoms with van der Waals surface area (Å²) in [5.74, 6) is -0.864. The Bertz CT molecular complexity index is 601. The van der Waals surface area contributed by atoms with Crippen molar-refractivity contribution >= 4 is 33.2 Å². The number of primary amides is 1. The van der Waals surface area contributed by atoms with Gasteiger partial charge in [-0.05, 0) is 6.07 Å². The van der Waals surface area contributed by atoms with Crippen LogP contribution in [-0.4, -0.2) is 25.8 Å². The second-order valence-electron chi connectivity index (χ2n) is 3.16. The lowest BCUT2D eigenvalue weighted by molar-refractivity contribution is -0.384. The van der Waals surface area contributed by atoms with Crippen LogP contribution in [0.25, 0.3) is 0 Å². The second kappa shape index (κ2) is 5.29. The Balaban J connectivity index is 3.10. The molecule has 98 valence electrons. The molecule has 1 rings (SSSR count). The monoisotopic (exact) mass is 293 g/mol. The number of hydrogen-bond acceptors (Lipinski definition) is 5. The minimum atomic E-state index is -4.03. The molecule has 0 spiro atoms. The predicted octanol–water partition coefficient (Wildman–Crippen LogP) is 0.0118. The van der Waals surface area contributed by atoms with Gasteiger partial charge in [0.15, 0.2) is 0 Å². The smallest absolute Gasteiger partial charge is 0.271 e. The minimum absolute atomic E-state index is 0.318. The van der Waals surface area contributed by atoms with E-state index in [1.54, 1.807) is 0 Å². The van der Waals surface area contributed by atoms with Gasteiger partial charge in [0.05, 0.1) is 16.5 Å². The number of nitro groups is 1. The maximum atomic E-state index is 11.7. The number of rotatable bonds is 5. The van der Waals surface area contributed by atoms with Crippen LogP contribution in [0.2, 0.25) is 5.02 Å². The Labute approximate surface area is 107 Å². The van der Waals surface area contributed by atoms with E-state index in [-0.39, 0.29) is 15.6 Å². The first-order valence-corrected chi connectivity index (χ1v) is 6.32. The van der Waals surface area contributed by atoms with E-state index in [0.717, 1.165) is 18.2 Å². The van der Waals surface area contributed by atoms with Gasteiger partial charge in [0, 0.05) is 12.1 Å². The number of nitrogens with one attached hydrogen (secondary N) is 1. The molecular weight excluding hydrogens is 286 g/mol. The molecule has 0 aliphatic rings. The Hall–Kier alpha value is -1.71. The Kier molecular flexibility index (Phi) is 4.22. The Morgan fingerprint density at radius 2 is 2.11 bits per heavy atom. The highest BCUT2D eigenvalue weighted by Crippen LogP contribution is 2.25. The van der Waals surface area contributed by atoms with Crippen LogP contribution < -0.4 is 10.5 Å². The lowest BCUT2D eigenvalue weighted by Crippen LogP contribution is -2.33. The number of carbonyl (C=O) groups is 1. The van der Waals surface area contributed by atoms with E-state index in [1.807, 2.05) is 4.72 Å². The number of nitro benzene ring substituents is 1. The van der Waals surface area contributed by atoms with Gasteiger partial charge in [0.1, 0.15) is 4.90 Å². The van der Waals surface area contributed by atoms with Crippen LogP contribution in [0, 0.1) is 10.1 Å². The third kappa shape index (κ3) is 3.39. The molecule has 10 heteroatoms. The first-order valence-electron chi connectivity index (χ1n) is 4.46. The highest BCUT2D eigenvalue weighted by atomic mass is 35.5. The predicted molar refractivity (Wildman–Crippen MR) is 62.5 cm³/mol. The lowest BCUT2D eigenvalue weighted by Gasteiger charge is -2.06. The molecule has 0 fully saturated rings. The molecule has 1 aromatic carbocycles. The second-order valence-corrected chi connectivity index (χ2v) is 5.31. The van der Waals surface area contributed by atoms with Gasteiger partial charge < -0.3 is 5.73 Å². The van der Waals surface area contributed by atoms with Gasteiger partial charge in [-0.1, -0.05) is 11.6 Å². The van der Waals surface area contributed by atoms with E-state index >= 15 is 0 Å². The summed E-state index contributed by atoms with van der Waals surface area (Å²) in [6, 6.07) is 2.87. The minimum Gasteiger partial charge on any atom is -0.369 e. The lowest BCUT2D eigenvalue weighted by atomic mass is 10.3. The van der Waals surface area contributed by atoms with Crippen molar-refractivity contribution in [2.24, 2.45) is 5.73 Å². The van der Waals surface area contributed by atoms with Gasteiger partial charge in [0.25, 0.3) is 5.69 Å². The zero-order valence-electron chi connectivity index (χ0n) is 8.79. The van der Waals surface area contributed by atoms with Gasteiger partial charge in [-0.3, -0.25) is 14.9 Å². The van der Waals surface area contributed by atoms with Crippen molar-refractivity contribution < 1.29 is 18.1 Å². The average Bonchev–Trinajstić information content (AvgIpc) is 2.26. The van der Waals surface area contributed by atoms with Crippen molar-refractivity contribution in [2.75, 3.05) is 6.54 Å². The fourth-order valence-corrected chi connectivity index (χ4v) is 2.60. The summed E-state index contributed by atoms with van der Waals surface area (Å²) in [6.45, 7) is -0.588. The molecule has 3 N–H and O–H groups in total. The molecule has 0 aromatic heterocycles. The van der Waals surface area contributed by atoms with Crippen LogP contribution >= 0.6 is 11.6 Å². The Morgan fingerprint density at radius 1 is 1.50 bits per heavy atom. The number of nitrogens with two attached hydrogens (primary N) is 1. The van der Waals surface area contributed by atoms with Crippen molar-refractivity contribution in [3.63, 3.8) is 0 Å². The molecule has 0 heterocycles. The summed E-state index contributed by atoms with van der Waals surface area (Å²) >= 11 is 5.63. The zero-order chi connectivity index (χ0) is 13.9. The van der Waals surface area contributed by atoms with Gasteiger partial charge >= 0.3 is 0 Å². The summed E-state index contributed by atoms with van der Waals surface area (Å²) in [4.78, 5) is 19.9. The number of halogens is 1. The SMILES string of the molecule is NC(=O)CNS(=O)(=O)c1ccc([N+](=O)[O-])cc1Cl. The summed E-state index contributed by atoms with van der Waals surface area (Å²) in [6.07, 6.45) is 0. The third-order valence-corrected chi connectivity index (χ3v) is 3.74. The van der Waals surface area contributed by atoms with Gasteiger partial charge in [0.2, 0.25) is 15.9 Å². The van der Waals surface area contributed by atoms with E-state index in [9.17, 15) is 23.3 Å². The number of sulfonamides is 1. The molecule has 0 unspecified atom stereocenters. The molecule has 0 bridgehead atoms. The summed E-state index contributed by atoms with van der Waals surface area (Å²) < 4.78 is 25.2. The van der Waals surface area contributed by atoms with Crippen LogP contribution in [0.15, 0.2) is 23.1 Å². The van der Waals surface area contributed by atoms with Crippen LogP contribution in [0.5, 0.6) is 0 Å². The first-order chi connectivity index (χ1) is 8.24. The molecule has 0 aliphatic heterocycles. The van der Waals surface area contributed by atoms with Crippen LogP contribution in [0.4, 0.5) is 5.69 Å². The largest absolute Gasteiger partial charge is 0.369 e. The van der Waals surface area contributed by atoms with Crippen molar-refractivity contribution in [3.8, 4) is 0 Å². The van der Waals surface area contributed by atoms with E-state index in [0.29, 0.717) is 0 Å². The molecular formula is C8H8ClN3O5S. The van der Waals surface area contributed by atoms with Crippen LogP contribution in [0.3, 0.4) is 0 Å². The quantitative estimate of drug-likeness (QED) is 0.583. The van der Waals surface area contributed by atoms with E-state index in [1.165, 1.54) is 0 Å². The third-order valence-electron chi connectivity index (χ3n) is 1.85. The van der Waals surface area contributed by atoms with Crippen LogP contribution in [-0.2, 0) is 14.8 Å². The first kappa shape index (κ1) is 14.4. The molecule has 18 heavy (non-hydrogen) atoms. The topological polar surface area (TPSA) is 132 Å². The van der Waals surface area contributed by atoms with Crippen LogP contribution in [0.1, 0.15) is 0 Å². The summed E-state index contributed by atoms with van der Waals surface area (Å²) in [5, 5.41) is 10.1. The molecule has 0 aliphatic carbocycles. The van der Waals surface area contributed by atoms with E-state index in [2.05, 4.69) is 0 Å². The number of carbonyl (C=O) groups excluding carboxylic acids is 1. The number of amides is 1. The van der Waals surface area contributed by atoms with E-state index < -0.39 is 27.4 Å².